The third-order valence-electron chi connectivity index (χ3n) is 2.05. The zero-order valence-electron chi connectivity index (χ0n) is 8.87. The van der Waals surface area contributed by atoms with Crippen molar-refractivity contribution in [2.45, 2.75) is 6.42 Å². The van der Waals surface area contributed by atoms with Crippen molar-refractivity contribution in [2.75, 3.05) is 20.8 Å². The molecular weight excluding hydrogens is 197 g/mol. The first kappa shape index (κ1) is 11.5. The van der Waals surface area contributed by atoms with Gasteiger partial charge in [-0.05, 0) is 24.1 Å². The lowest BCUT2D eigenvalue weighted by Gasteiger charge is -2.08. The monoisotopic (exact) mass is 211 g/mol. The lowest BCUT2D eigenvalue weighted by atomic mass is 10.1. The quantitative estimate of drug-likeness (QED) is 0.699. The molecule has 15 heavy (non-hydrogen) atoms. The molecule has 0 aliphatic heterocycles. The predicted octanol–water partition coefficient (Wildman–Crippen LogP) is 2.24. The minimum absolute atomic E-state index is 0.320. The molecule has 82 valence electrons. The Bertz CT molecular complexity index is 339. The van der Waals surface area contributed by atoms with Crippen LogP contribution in [0.4, 0.5) is 4.39 Å². The second-order valence-electron chi connectivity index (χ2n) is 2.94. The molecule has 1 aromatic carbocycles. The fraction of sp³-hybridized carbons (Fsp3) is 0.364. The van der Waals surface area contributed by atoms with E-state index < -0.39 is 0 Å². The van der Waals surface area contributed by atoms with E-state index in [9.17, 15) is 4.39 Å². The average molecular weight is 211 g/mol. The number of nitrogens with zero attached hydrogens (tertiary/aromatic N) is 1. The largest absolute Gasteiger partial charge is 0.493 e. The topological polar surface area (TPSA) is 30.8 Å². The number of hydrogen-bond acceptors (Lipinski definition) is 3. The van der Waals surface area contributed by atoms with E-state index in [0.29, 0.717) is 30.9 Å². The Hall–Kier alpha value is -1.58. The number of methoxy groups -OCH3 is 2. The van der Waals surface area contributed by atoms with Gasteiger partial charge < -0.3 is 9.47 Å². The number of rotatable bonds is 5. The van der Waals surface area contributed by atoms with Crippen molar-refractivity contribution in [3.8, 4) is 11.5 Å². The highest BCUT2D eigenvalue weighted by Crippen LogP contribution is 2.27. The second-order valence-corrected chi connectivity index (χ2v) is 2.94. The van der Waals surface area contributed by atoms with Gasteiger partial charge >= 0.3 is 0 Å². The highest BCUT2D eigenvalue weighted by Gasteiger charge is 2.03. The Labute approximate surface area is 88.5 Å². The molecule has 4 heteroatoms. The first-order chi connectivity index (χ1) is 7.31. The molecule has 0 N–H and O–H groups in total. The van der Waals surface area contributed by atoms with Gasteiger partial charge in [-0.3, -0.25) is 4.99 Å². The molecule has 0 saturated heterocycles. The number of benzene rings is 1. The third kappa shape index (κ3) is 3.23. The van der Waals surface area contributed by atoms with Crippen molar-refractivity contribution in [1.29, 1.82) is 0 Å². The van der Waals surface area contributed by atoms with Crippen LogP contribution >= 0.6 is 0 Å². The van der Waals surface area contributed by atoms with Gasteiger partial charge in [0.05, 0.1) is 14.2 Å². The van der Waals surface area contributed by atoms with Gasteiger partial charge in [-0.15, -0.1) is 0 Å². The van der Waals surface area contributed by atoms with Crippen LogP contribution in [0.1, 0.15) is 5.56 Å². The van der Waals surface area contributed by atoms with Crippen LogP contribution < -0.4 is 9.47 Å². The average Bonchev–Trinajstić information content (AvgIpc) is 2.29. The highest BCUT2D eigenvalue weighted by atomic mass is 19.1. The van der Waals surface area contributed by atoms with Crippen molar-refractivity contribution in [3.63, 3.8) is 0 Å². The first-order valence-electron chi connectivity index (χ1n) is 4.61. The Morgan fingerprint density at radius 2 is 2.00 bits per heavy atom. The van der Waals surface area contributed by atoms with E-state index in [1.54, 1.807) is 14.2 Å². The molecule has 0 saturated carbocycles. The maximum atomic E-state index is 11.6. The van der Waals surface area contributed by atoms with Crippen LogP contribution in [0.25, 0.3) is 0 Å². The van der Waals surface area contributed by atoms with Gasteiger partial charge in [0.1, 0.15) is 0 Å². The van der Waals surface area contributed by atoms with Crippen LogP contribution in [-0.4, -0.2) is 27.2 Å². The van der Waals surface area contributed by atoms with Crippen molar-refractivity contribution in [1.82, 2.24) is 0 Å². The summed E-state index contributed by atoms with van der Waals surface area (Å²) in [4.78, 5) is 3.50. The van der Waals surface area contributed by atoms with Crippen molar-refractivity contribution in [3.05, 3.63) is 23.8 Å². The van der Waals surface area contributed by atoms with Gasteiger partial charge in [0.2, 0.25) is 0 Å². The van der Waals surface area contributed by atoms with E-state index in [1.807, 2.05) is 18.2 Å². The molecule has 0 aliphatic carbocycles. The van der Waals surface area contributed by atoms with E-state index in [2.05, 4.69) is 4.99 Å². The van der Waals surface area contributed by atoms with Gasteiger partial charge in [0.25, 0.3) is 0 Å². The minimum Gasteiger partial charge on any atom is -0.493 e. The van der Waals surface area contributed by atoms with E-state index in [1.165, 1.54) is 0 Å². The second kappa shape index (κ2) is 6.01. The van der Waals surface area contributed by atoms with E-state index in [-0.39, 0.29) is 0 Å². The van der Waals surface area contributed by atoms with Crippen LogP contribution in [0, 0.1) is 0 Å². The van der Waals surface area contributed by atoms with Crippen LogP contribution in [0.2, 0.25) is 0 Å². The highest BCUT2D eigenvalue weighted by molar-refractivity contribution is 5.45. The van der Waals surface area contributed by atoms with Crippen molar-refractivity contribution < 1.29 is 13.9 Å². The summed E-state index contributed by atoms with van der Waals surface area (Å²) in [6.07, 6.45) is 0.681. The molecule has 0 unspecified atom stereocenters. The Balaban J connectivity index is 2.74. The molecule has 0 amide bonds. The normalized spacial score (nSPS) is 10.6. The molecule has 0 spiro atoms. The van der Waals surface area contributed by atoms with E-state index in [4.69, 9.17) is 9.47 Å². The zero-order chi connectivity index (χ0) is 11.1. The molecule has 0 radical (unpaired) electrons. The summed E-state index contributed by atoms with van der Waals surface area (Å²) in [6.45, 7) is 0.757. The van der Waals surface area contributed by atoms with Crippen molar-refractivity contribution >= 4 is 6.47 Å². The molecule has 0 fully saturated rings. The molecule has 1 rings (SSSR count). The third-order valence-corrected chi connectivity index (χ3v) is 2.05. The SMILES string of the molecule is COc1ccc(CCN=CF)cc1OC. The van der Waals surface area contributed by atoms with Gasteiger partial charge in [-0.25, -0.2) is 0 Å². The summed E-state index contributed by atoms with van der Waals surface area (Å²) < 4.78 is 21.9. The smallest absolute Gasteiger partial charge is 0.171 e. The Morgan fingerprint density at radius 3 is 2.60 bits per heavy atom. The van der Waals surface area contributed by atoms with Crippen LogP contribution in [0.15, 0.2) is 23.2 Å². The van der Waals surface area contributed by atoms with Gasteiger partial charge in [0.15, 0.2) is 18.0 Å². The predicted molar refractivity (Wildman–Crippen MR) is 57.7 cm³/mol. The summed E-state index contributed by atoms with van der Waals surface area (Å²) in [6, 6.07) is 5.61. The Morgan fingerprint density at radius 1 is 1.27 bits per heavy atom. The zero-order valence-corrected chi connectivity index (χ0v) is 8.87. The number of hydrogen-bond donors (Lipinski definition) is 0. The maximum absolute atomic E-state index is 11.6. The molecule has 0 aromatic heterocycles. The molecule has 0 bridgehead atoms. The van der Waals surface area contributed by atoms with Crippen molar-refractivity contribution in [2.24, 2.45) is 4.99 Å². The first-order valence-corrected chi connectivity index (χ1v) is 4.61. The van der Waals surface area contributed by atoms with Crippen LogP contribution in [0.3, 0.4) is 0 Å². The molecule has 3 nitrogen and oxygen atoms in total. The molecule has 1 aromatic rings. The maximum Gasteiger partial charge on any atom is 0.171 e. The van der Waals surface area contributed by atoms with Crippen LogP contribution in [-0.2, 0) is 6.42 Å². The molecular formula is C11H14FNO2. The fourth-order valence-corrected chi connectivity index (χ4v) is 1.28. The molecule has 0 aliphatic rings. The standard InChI is InChI=1S/C11H14FNO2/c1-14-10-4-3-9(5-6-13-8-12)7-11(10)15-2/h3-4,7-8H,5-6H2,1-2H3. The van der Waals surface area contributed by atoms with Gasteiger partial charge in [-0.2, -0.15) is 4.39 Å². The number of halogens is 1. The summed E-state index contributed by atoms with van der Waals surface area (Å²) >= 11 is 0. The van der Waals surface area contributed by atoms with E-state index >= 15 is 0 Å². The van der Waals surface area contributed by atoms with Crippen LogP contribution in [0.5, 0.6) is 11.5 Å². The lowest BCUT2D eigenvalue weighted by molar-refractivity contribution is 0.354. The van der Waals surface area contributed by atoms with E-state index in [0.717, 1.165) is 5.56 Å². The fourth-order valence-electron chi connectivity index (χ4n) is 1.28. The summed E-state index contributed by atoms with van der Waals surface area (Å²) in [7, 11) is 3.17. The van der Waals surface area contributed by atoms with Gasteiger partial charge in [0, 0.05) is 6.54 Å². The minimum atomic E-state index is 0.320. The summed E-state index contributed by atoms with van der Waals surface area (Å²) in [5.74, 6) is 1.37. The summed E-state index contributed by atoms with van der Waals surface area (Å²) in [5.41, 5.74) is 1.04. The lowest BCUT2D eigenvalue weighted by Crippen LogP contribution is -1.94. The summed E-state index contributed by atoms with van der Waals surface area (Å²) in [5, 5.41) is 0. The number of ether oxygens (including phenoxy) is 2. The van der Waals surface area contributed by atoms with Gasteiger partial charge in [-0.1, -0.05) is 6.07 Å². The Kier molecular flexibility index (Phi) is 4.60. The number of aliphatic imine (C=N–C) groups is 1. The molecule has 0 atom stereocenters. The molecule has 0 heterocycles.